The molecule has 3 aromatic carbocycles. The van der Waals surface area contributed by atoms with Gasteiger partial charge in [0.05, 0.1) is 13.2 Å². The van der Waals surface area contributed by atoms with E-state index in [1.54, 1.807) is 42.5 Å². The second-order valence-electron chi connectivity index (χ2n) is 7.28. The molecule has 4 rings (SSSR count). The van der Waals surface area contributed by atoms with Crippen molar-refractivity contribution in [1.29, 1.82) is 0 Å². The van der Waals surface area contributed by atoms with E-state index in [1.165, 1.54) is 0 Å². The molecule has 6 nitrogen and oxygen atoms in total. The molecule has 1 aliphatic rings. The Hall–Kier alpha value is -3.80. The van der Waals surface area contributed by atoms with E-state index in [0.29, 0.717) is 42.4 Å². The Morgan fingerprint density at radius 1 is 0.839 bits per heavy atom. The summed E-state index contributed by atoms with van der Waals surface area (Å²) in [6, 6.07) is 23.0. The van der Waals surface area contributed by atoms with Gasteiger partial charge in [0.1, 0.15) is 6.04 Å². The van der Waals surface area contributed by atoms with Gasteiger partial charge in [-0.1, -0.05) is 48.5 Å². The fourth-order valence-corrected chi connectivity index (χ4v) is 3.36. The minimum Gasteiger partial charge on any atom is -0.490 e. The minimum atomic E-state index is -0.744. The zero-order valence-electron chi connectivity index (χ0n) is 17.0. The van der Waals surface area contributed by atoms with Crippen LogP contribution in [0, 0.1) is 0 Å². The predicted molar refractivity (Wildman–Crippen MR) is 119 cm³/mol. The molecule has 0 saturated carbocycles. The number of carbonyl (C=O) groups is 2. The summed E-state index contributed by atoms with van der Waals surface area (Å²) < 4.78 is 11.3. The van der Waals surface area contributed by atoms with Crippen molar-refractivity contribution in [2.75, 3.05) is 18.5 Å². The second-order valence-corrected chi connectivity index (χ2v) is 7.28. The van der Waals surface area contributed by atoms with Gasteiger partial charge in [0.15, 0.2) is 11.5 Å². The SMILES string of the molecule is O=C(NC(Cc1ccccc1)C(=O)Nc1ccc2c(c1)OCCCO2)c1ccccc1. The largest absolute Gasteiger partial charge is 0.490 e. The van der Waals surface area contributed by atoms with Crippen LogP contribution in [0.15, 0.2) is 78.9 Å². The number of fused-ring (bicyclic) bond motifs is 1. The van der Waals surface area contributed by atoms with Crippen LogP contribution in [-0.2, 0) is 11.2 Å². The van der Waals surface area contributed by atoms with Crippen LogP contribution in [0.1, 0.15) is 22.3 Å². The maximum absolute atomic E-state index is 13.1. The van der Waals surface area contributed by atoms with Crippen molar-refractivity contribution in [3.05, 3.63) is 90.0 Å². The van der Waals surface area contributed by atoms with Gasteiger partial charge in [0.2, 0.25) is 5.91 Å². The summed E-state index contributed by atoms with van der Waals surface area (Å²) in [5, 5.41) is 5.77. The van der Waals surface area contributed by atoms with Crippen LogP contribution in [0.4, 0.5) is 5.69 Å². The predicted octanol–water partition coefficient (Wildman–Crippen LogP) is 3.83. The molecular weight excluding hydrogens is 392 g/mol. The van der Waals surface area contributed by atoms with Crippen molar-refractivity contribution in [3.63, 3.8) is 0 Å². The average molecular weight is 416 g/mol. The van der Waals surface area contributed by atoms with Crippen LogP contribution in [-0.4, -0.2) is 31.1 Å². The molecule has 0 radical (unpaired) electrons. The van der Waals surface area contributed by atoms with Crippen LogP contribution in [0.2, 0.25) is 0 Å². The minimum absolute atomic E-state index is 0.296. The first-order valence-corrected chi connectivity index (χ1v) is 10.3. The first-order chi connectivity index (χ1) is 15.2. The van der Waals surface area contributed by atoms with Crippen LogP contribution in [0.25, 0.3) is 0 Å². The molecule has 1 aliphatic heterocycles. The molecule has 0 aromatic heterocycles. The van der Waals surface area contributed by atoms with Gasteiger partial charge < -0.3 is 20.1 Å². The fourth-order valence-electron chi connectivity index (χ4n) is 3.36. The number of rotatable bonds is 6. The number of benzene rings is 3. The van der Waals surface area contributed by atoms with Gasteiger partial charge in [-0.25, -0.2) is 0 Å². The number of amides is 2. The summed E-state index contributed by atoms with van der Waals surface area (Å²) in [6.07, 6.45) is 1.18. The normalized spacial score (nSPS) is 13.5. The molecule has 1 unspecified atom stereocenters. The van der Waals surface area contributed by atoms with Gasteiger partial charge in [-0.15, -0.1) is 0 Å². The highest BCUT2D eigenvalue weighted by atomic mass is 16.5. The Morgan fingerprint density at radius 3 is 2.26 bits per heavy atom. The van der Waals surface area contributed by atoms with Gasteiger partial charge in [-0.3, -0.25) is 9.59 Å². The zero-order chi connectivity index (χ0) is 21.5. The first-order valence-electron chi connectivity index (χ1n) is 10.3. The van der Waals surface area contributed by atoms with Crippen molar-refractivity contribution in [3.8, 4) is 11.5 Å². The molecular formula is C25H24N2O4. The topological polar surface area (TPSA) is 76.7 Å². The maximum Gasteiger partial charge on any atom is 0.251 e. The quantitative estimate of drug-likeness (QED) is 0.640. The number of nitrogens with one attached hydrogen (secondary N) is 2. The van der Waals surface area contributed by atoms with E-state index in [2.05, 4.69) is 10.6 Å². The highest BCUT2D eigenvalue weighted by molar-refractivity contribution is 6.01. The number of ether oxygens (including phenoxy) is 2. The third-order valence-electron chi connectivity index (χ3n) is 4.96. The van der Waals surface area contributed by atoms with E-state index in [4.69, 9.17) is 9.47 Å². The lowest BCUT2D eigenvalue weighted by Gasteiger charge is -2.19. The van der Waals surface area contributed by atoms with E-state index < -0.39 is 6.04 Å². The summed E-state index contributed by atoms with van der Waals surface area (Å²) in [5.74, 6) is 0.662. The highest BCUT2D eigenvalue weighted by Gasteiger charge is 2.23. The zero-order valence-corrected chi connectivity index (χ0v) is 17.0. The van der Waals surface area contributed by atoms with Crippen LogP contribution >= 0.6 is 0 Å². The molecule has 0 saturated heterocycles. The maximum atomic E-state index is 13.1. The van der Waals surface area contributed by atoms with E-state index >= 15 is 0 Å². The Balaban J connectivity index is 1.52. The molecule has 3 aromatic rings. The monoisotopic (exact) mass is 416 g/mol. The van der Waals surface area contributed by atoms with Crippen LogP contribution < -0.4 is 20.1 Å². The van der Waals surface area contributed by atoms with Gasteiger partial charge in [0, 0.05) is 30.2 Å². The summed E-state index contributed by atoms with van der Waals surface area (Å²) in [7, 11) is 0. The Bertz CT molecular complexity index is 1040. The number of carbonyl (C=O) groups excluding carboxylic acids is 2. The Morgan fingerprint density at radius 2 is 1.52 bits per heavy atom. The van der Waals surface area contributed by atoms with Crippen molar-refractivity contribution >= 4 is 17.5 Å². The molecule has 2 amide bonds. The summed E-state index contributed by atoms with van der Waals surface area (Å²) >= 11 is 0. The molecule has 2 N–H and O–H groups in total. The van der Waals surface area contributed by atoms with E-state index in [-0.39, 0.29) is 11.8 Å². The summed E-state index contributed by atoms with van der Waals surface area (Å²) in [6.45, 7) is 1.16. The lowest BCUT2D eigenvalue weighted by atomic mass is 10.0. The molecule has 158 valence electrons. The van der Waals surface area contributed by atoms with Gasteiger partial charge in [-0.2, -0.15) is 0 Å². The smallest absolute Gasteiger partial charge is 0.251 e. The molecule has 0 spiro atoms. The van der Waals surface area contributed by atoms with Gasteiger partial charge in [-0.05, 0) is 29.8 Å². The Labute approximate surface area is 181 Å². The molecule has 0 fully saturated rings. The summed E-state index contributed by atoms with van der Waals surface area (Å²) in [5.41, 5.74) is 2.04. The van der Waals surface area contributed by atoms with E-state index in [9.17, 15) is 9.59 Å². The highest BCUT2D eigenvalue weighted by Crippen LogP contribution is 2.32. The Kier molecular flexibility index (Phi) is 6.47. The summed E-state index contributed by atoms with van der Waals surface area (Å²) in [4.78, 5) is 25.8. The lowest BCUT2D eigenvalue weighted by molar-refractivity contribution is -0.118. The molecule has 0 bridgehead atoms. The van der Waals surface area contributed by atoms with Gasteiger partial charge in [0.25, 0.3) is 5.91 Å². The third-order valence-corrected chi connectivity index (χ3v) is 4.96. The van der Waals surface area contributed by atoms with Crippen molar-refractivity contribution in [1.82, 2.24) is 5.32 Å². The molecule has 6 heteroatoms. The average Bonchev–Trinajstić information content (AvgIpc) is 3.05. The van der Waals surface area contributed by atoms with E-state index in [0.717, 1.165) is 12.0 Å². The first kappa shape index (κ1) is 20.5. The van der Waals surface area contributed by atoms with E-state index in [1.807, 2.05) is 36.4 Å². The molecule has 31 heavy (non-hydrogen) atoms. The lowest BCUT2D eigenvalue weighted by Crippen LogP contribution is -2.45. The fraction of sp³-hybridized carbons (Fsp3) is 0.200. The third kappa shape index (κ3) is 5.42. The number of hydrogen-bond acceptors (Lipinski definition) is 4. The molecule has 0 aliphatic carbocycles. The standard InChI is InChI=1S/C25H24N2O4/c28-24(19-10-5-2-6-11-19)27-21(16-18-8-3-1-4-9-18)25(29)26-20-12-13-22-23(17-20)31-15-7-14-30-22/h1-6,8-13,17,21H,7,14-16H2,(H,26,29)(H,27,28). The van der Waals surface area contributed by atoms with Gasteiger partial charge >= 0.3 is 0 Å². The number of hydrogen-bond donors (Lipinski definition) is 2. The van der Waals surface area contributed by atoms with Crippen molar-refractivity contribution in [2.24, 2.45) is 0 Å². The van der Waals surface area contributed by atoms with Crippen LogP contribution in [0.3, 0.4) is 0 Å². The van der Waals surface area contributed by atoms with Crippen LogP contribution in [0.5, 0.6) is 11.5 Å². The van der Waals surface area contributed by atoms with Crippen molar-refractivity contribution in [2.45, 2.75) is 18.9 Å². The second kappa shape index (κ2) is 9.80. The number of anilines is 1. The molecule has 1 heterocycles. The molecule has 1 atom stereocenters. The van der Waals surface area contributed by atoms with Crippen molar-refractivity contribution < 1.29 is 19.1 Å².